The molecule has 1 unspecified atom stereocenters. The standard InChI is InChI=1S/C55H123N10O11/c66-43-7-1-18-56-20-30-59(23-2-8-44-67)32-34-61(24-3-9-45-68)36-37-63(25-4-10-46-69)54-55(64(28-5-11-47-70)29-6-12-48-71)58-21-31-60(26-14-50-73)33-35-62(27-15-51-74)38-42-65(39-16-52-75,40-17-53-76)41-22-57-19-13-49-72/h55-58,66-76H,1-54H2/q+1. The van der Waals surface area contributed by atoms with Gasteiger partial charge in [0.25, 0.3) is 0 Å². The summed E-state index contributed by atoms with van der Waals surface area (Å²) in [5.41, 5.74) is 0. The first-order valence-electron chi connectivity index (χ1n) is 30.3. The van der Waals surface area contributed by atoms with Crippen LogP contribution in [0.15, 0.2) is 0 Å². The van der Waals surface area contributed by atoms with Crippen molar-refractivity contribution in [1.82, 2.24) is 45.3 Å². The summed E-state index contributed by atoms with van der Waals surface area (Å²) in [6, 6.07) is 0. The van der Waals surface area contributed by atoms with Crippen LogP contribution in [0.2, 0.25) is 0 Å². The number of unbranched alkanes of at least 4 members (excludes halogenated alkanes) is 6. The summed E-state index contributed by atoms with van der Waals surface area (Å²) in [6.45, 7) is 22.7. The van der Waals surface area contributed by atoms with Crippen molar-refractivity contribution in [3.63, 3.8) is 0 Å². The lowest BCUT2D eigenvalue weighted by Crippen LogP contribution is -2.56. The zero-order valence-corrected chi connectivity index (χ0v) is 48.3. The van der Waals surface area contributed by atoms with Gasteiger partial charge in [0.1, 0.15) is 0 Å². The van der Waals surface area contributed by atoms with Crippen molar-refractivity contribution in [1.29, 1.82) is 0 Å². The van der Waals surface area contributed by atoms with Gasteiger partial charge in [-0.2, -0.15) is 0 Å². The van der Waals surface area contributed by atoms with Crippen molar-refractivity contribution in [2.75, 3.05) is 243 Å². The Hall–Kier alpha value is -0.840. The normalized spacial score (nSPS) is 12.9. The van der Waals surface area contributed by atoms with Crippen LogP contribution in [0.25, 0.3) is 0 Å². The number of aliphatic hydroxyl groups excluding tert-OH is 11. The Kier molecular flexibility index (Phi) is 56.8. The van der Waals surface area contributed by atoms with Gasteiger partial charge in [-0.05, 0) is 142 Å². The highest BCUT2D eigenvalue weighted by Gasteiger charge is 2.28. The molecule has 21 heteroatoms. The van der Waals surface area contributed by atoms with E-state index in [1.165, 1.54) is 0 Å². The van der Waals surface area contributed by atoms with E-state index in [1.807, 2.05) is 0 Å². The molecule has 0 amide bonds. The van der Waals surface area contributed by atoms with Crippen LogP contribution < -0.4 is 16.0 Å². The van der Waals surface area contributed by atoms with Crippen molar-refractivity contribution >= 4 is 0 Å². The number of hydrogen-bond donors (Lipinski definition) is 14. The average Bonchev–Trinajstić information content (AvgIpc) is 3.43. The summed E-state index contributed by atoms with van der Waals surface area (Å²) in [6.07, 6.45) is 13.1. The van der Waals surface area contributed by atoms with Gasteiger partial charge < -0.3 is 86.0 Å². The van der Waals surface area contributed by atoms with Gasteiger partial charge in [0, 0.05) is 184 Å². The summed E-state index contributed by atoms with van der Waals surface area (Å²) in [7, 11) is 0. The molecule has 76 heavy (non-hydrogen) atoms. The first kappa shape index (κ1) is 75.2. The predicted octanol–water partition coefficient (Wildman–Crippen LogP) is -1.74. The Morgan fingerprint density at radius 2 is 0.605 bits per heavy atom. The van der Waals surface area contributed by atoms with Crippen LogP contribution >= 0.6 is 0 Å². The highest BCUT2D eigenvalue weighted by atomic mass is 16.3. The highest BCUT2D eigenvalue weighted by Crippen LogP contribution is 2.13. The molecule has 21 nitrogen and oxygen atoms in total. The average molecular weight is 1100 g/mol. The predicted molar refractivity (Wildman–Crippen MR) is 307 cm³/mol. The number of nitrogens with one attached hydrogen (secondary N) is 3. The Bertz CT molecular complexity index is 1140. The molecule has 1 atom stereocenters. The van der Waals surface area contributed by atoms with E-state index in [4.69, 9.17) is 0 Å². The molecule has 0 rings (SSSR count). The van der Waals surface area contributed by atoms with Crippen LogP contribution in [0.4, 0.5) is 0 Å². The van der Waals surface area contributed by atoms with Crippen molar-refractivity contribution in [2.45, 2.75) is 115 Å². The van der Waals surface area contributed by atoms with E-state index >= 15 is 0 Å². The van der Waals surface area contributed by atoms with E-state index in [0.717, 1.165) is 226 Å². The molecule has 0 aliphatic rings. The smallest absolute Gasteiger partial charge is 0.0916 e. The lowest BCUT2D eigenvalue weighted by atomic mass is 10.2. The lowest BCUT2D eigenvalue weighted by molar-refractivity contribution is -0.927. The topological polar surface area (TPSA) is 278 Å². The van der Waals surface area contributed by atoms with Gasteiger partial charge in [0.15, 0.2) is 0 Å². The Labute approximate surface area is 462 Å². The molecular formula is C55H123N10O11+. The number of nitrogens with zero attached hydrogens (tertiary/aromatic N) is 7. The molecule has 0 radical (unpaired) electrons. The third kappa shape index (κ3) is 43.9. The maximum Gasteiger partial charge on any atom is 0.0916 e. The van der Waals surface area contributed by atoms with Crippen LogP contribution in [0, 0.1) is 0 Å². The highest BCUT2D eigenvalue weighted by molar-refractivity contribution is 4.78. The summed E-state index contributed by atoms with van der Waals surface area (Å²) in [5, 5.41) is 118. The van der Waals surface area contributed by atoms with E-state index in [1.54, 1.807) is 0 Å². The summed E-state index contributed by atoms with van der Waals surface area (Å²) in [4.78, 5) is 14.9. The van der Waals surface area contributed by atoms with E-state index in [0.29, 0.717) is 57.9 Å². The largest absolute Gasteiger partial charge is 0.396 e. The van der Waals surface area contributed by atoms with Gasteiger partial charge in [-0.25, -0.2) is 0 Å². The van der Waals surface area contributed by atoms with E-state index < -0.39 is 0 Å². The zero-order chi connectivity index (χ0) is 55.8. The minimum Gasteiger partial charge on any atom is -0.396 e. The second-order valence-electron chi connectivity index (χ2n) is 20.9. The van der Waals surface area contributed by atoms with Crippen LogP contribution in [0.5, 0.6) is 0 Å². The van der Waals surface area contributed by atoms with Crippen molar-refractivity contribution in [3.05, 3.63) is 0 Å². The molecule has 0 aromatic rings. The molecular weight excluding hydrogens is 977 g/mol. The summed E-state index contributed by atoms with van der Waals surface area (Å²) in [5.74, 6) is 0. The zero-order valence-electron chi connectivity index (χ0n) is 48.3. The second-order valence-corrected chi connectivity index (χ2v) is 20.9. The molecule has 0 saturated carbocycles. The second kappa shape index (κ2) is 57.4. The molecule has 0 aliphatic carbocycles. The Morgan fingerprint density at radius 1 is 0.250 bits per heavy atom. The molecule has 14 N–H and O–H groups in total. The van der Waals surface area contributed by atoms with Gasteiger partial charge in [-0.15, -0.1) is 0 Å². The third-order valence-corrected chi connectivity index (χ3v) is 14.6. The number of rotatable bonds is 64. The van der Waals surface area contributed by atoms with Gasteiger partial charge >= 0.3 is 0 Å². The fourth-order valence-corrected chi connectivity index (χ4v) is 9.84. The summed E-state index contributed by atoms with van der Waals surface area (Å²) < 4.78 is 0.769. The maximum absolute atomic E-state index is 10.0. The van der Waals surface area contributed by atoms with E-state index in [2.05, 4.69) is 45.3 Å². The molecule has 0 saturated heterocycles. The van der Waals surface area contributed by atoms with Crippen LogP contribution in [0.1, 0.15) is 109 Å². The van der Waals surface area contributed by atoms with Crippen molar-refractivity contribution in [3.8, 4) is 0 Å². The van der Waals surface area contributed by atoms with Gasteiger partial charge in [-0.3, -0.25) is 20.0 Å². The summed E-state index contributed by atoms with van der Waals surface area (Å²) >= 11 is 0. The van der Waals surface area contributed by atoms with Gasteiger partial charge in [0.05, 0.1) is 32.3 Å². The van der Waals surface area contributed by atoms with Crippen LogP contribution in [-0.2, 0) is 0 Å². The molecule has 458 valence electrons. The number of quaternary nitrogens is 1. The molecule has 0 heterocycles. The van der Waals surface area contributed by atoms with E-state index in [-0.39, 0.29) is 78.8 Å². The SMILES string of the molecule is OCCCCNCCN(CCCCO)CCN(CCCCO)CCN(CCCCO)CC(NCCN(CCCO)CCN(CCCO)CC[N+](CCCO)(CCCO)CCNCCCO)N(CCCCO)CCCCO. The van der Waals surface area contributed by atoms with Gasteiger partial charge in [0.2, 0.25) is 0 Å². The quantitative estimate of drug-likeness (QED) is 0.0183. The minimum atomic E-state index is -0.0242. The molecule has 0 spiro atoms. The fourth-order valence-electron chi connectivity index (χ4n) is 9.84. The van der Waals surface area contributed by atoms with Gasteiger partial charge in [-0.1, -0.05) is 0 Å². The monoisotopic (exact) mass is 1100 g/mol. The third-order valence-electron chi connectivity index (χ3n) is 14.6. The van der Waals surface area contributed by atoms with E-state index in [9.17, 15) is 56.2 Å². The number of aliphatic hydroxyl groups is 11. The van der Waals surface area contributed by atoms with Crippen LogP contribution in [-0.4, -0.2) is 339 Å². The first-order valence-corrected chi connectivity index (χ1v) is 30.3. The first-order chi connectivity index (χ1) is 37.3. The molecule has 0 fully saturated rings. The lowest BCUT2D eigenvalue weighted by Gasteiger charge is -2.41. The van der Waals surface area contributed by atoms with Crippen LogP contribution in [0.3, 0.4) is 0 Å². The van der Waals surface area contributed by atoms with Crippen molar-refractivity contribution in [2.24, 2.45) is 0 Å². The number of hydrogen-bond acceptors (Lipinski definition) is 20. The molecule has 0 aliphatic heterocycles. The fraction of sp³-hybridized carbons (Fsp3) is 1.00. The molecule has 0 bridgehead atoms. The minimum absolute atomic E-state index is 0.0242. The Morgan fingerprint density at radius 3 is 1.08 bits per heavy atom. The van der Waals surface area contributed by atoms with Crippen molar-refractivity contribution < 1.29 is 60.7 Å². The molecule has 0 aromatic heterocycles. The molecule has 0 aromatic carbocycles. The Balaban J connectivity index is 6.53. The maximum atomic E-state index is 10.0.